The molecule has 82 valence electrons. The summed E-state index contributed by atoms with van der Waals surface area (Å²) in [7, 11) is 0. The lowest BCUT2D eigenvalue weighted by Crippen LogP contribution is -2.31. The minimum absolute atomic E-state index is 0.0306. The Morgan fingerprint density at radius 2 is 2.00 bits per heavy atom. The summed E-state index contributed by atoms with van der Waals surface area (Å²) in [5.41, 5.74) is 0. The van der Waals surface area contributed by atoms with Crippen LogP contribution in [0.5, 0.6) is 5.75 Å². The number of carbonyl (C=O) groups is 1. The molecule has 0 aliphatic rings. The predicted molar refractivity (Wildman–Crippen MR) is 62.1 cm³/mol. The van der Waals surface area contributed by atoms with E-state index in [-0.39, 0.29) is 17.7 Å². The zero-order chi connectivity index (χ0) is 11.3. The van der Waals surface area contributed by atoms with Crippen LogP contribution in [0.2, 0.25) is 0 Å². The molecule has 0 atom stereocenters. The van der Waals surface area contributed by atoms with Gasteiger partial charge in [-0.2, -0.15) is 0 Å². The fourth-order valence-electron chi connectivity index (χ4n) is 1.05. The van der Waals surface area contributed by atoms with Crippen molar-refractivity contribution in [3.63, 3.8) is 0 Å². The quantitative estimate of drug-likeness (QED) is 0.771. The van der Waals surface area contributed by atoms with E-state index >= 15 is 0 Å². The van der Waals surface area contributed by atoms with E-state index in [1.165, 1.54) is 11.8 Å². The van der Waals surface area contributed by atoms with Crippen LogP contribution in [0.25, 0.3) is 0 Å². The highest BCUT2D eigenvalue weighted by Gasteiger charge is 2.03. The number of hydrogen-bond donors (Lipinski definition) is 2. The molecule has 0 aliphatic carbocycles. The zero-order valence-corrected chi connectivity index (χ0v) is 9.67. The van der Waals surface area contributed by atoms with Gasteiger partial charge in [-0.25, -0.2) is 0 Å². The van der Waals surface area contributed by atoms with Crippen LogP contribution in [-0.4, -0.2) is 22.8 Å². The molecular formula is C11H15NO2S. The van der Waals surface area contributed by atoms with Crippen molar-refractivity contribution in [3.8, 4) is 5.75 Å². The number of thioether (sulfide) groups is 1. The van der Waals surface area contributed by atoms with Crippen LogP contribution >= 0.6 is 11.8 Å². The van der Waals surface area contributed by atoms with Gasteiger partial charge in [0.05, 0.1) is 5.75 Å². The minimum atomic E-state index is 0.0306. The highest BCUT2D eigenvalue weighted by atomic mass is 32.2. The second-order valence-corrected chi connectivity index (χ2v) is 4.55. The Morgan fingerprint density at radius 1 is 1.40 bits per heavy atom. The van der Waals surface area contributed by atoms with Crippen LogP contribution in [0, 0.1) is 0 Å². The zero-order valence-electron chi connectivity index (χ0n) is 8.86. The first-order valence-corrected chi connectivity index (χ1v) is 5.77. The first-order valence-electron chi connectivity index (χ1n) is 4.79. The predicted octanol–water partition coefficient (Wildman–Crippen LogP) is 2.01. The lowest BCUT2D eigenvalue weighted by Gasteiger charge is -2.07. The number of phenolic OH excluding ortho intramolecular Hbond substituents is 1. The van der Waals surface area contributed by atoms with Crippen LogP contribution in [0.15, 0.2) is 29.2 Å². The van der Waals surface area contributed by atoms with E-state index in [9.17, 15) is 4.79 Å². The normalized spacial score (nSPS) is 10.3. The Hall–Kier alpha value is -1.16. The van der Waals surface area contributed by atoms with E-state index in [0.29, 0.717) is 5.75 Å². The van der Waals surface area contributed by atoms with Crippen molar-refractivity contribution in [2.24, 2.45) is 0 Å². The SMILES string of the molecule is CC(C)NC(=O)CSc1ccc(O)cc1. The lowest BCUT2D eigenvalue weighted by atomic mass is 10.3. The van der Waals surface area contributed by atoms with E-state index in [1.807, 2.05) is 13.8 Å². The molecule has 15 heavy (non-hydrogen) atoms. The summed E-state index contributed by atoms with van der Waals surface area (Å²) in [5.74, 6) is 0.678. The van der Waals surface area contributed by atoms with Crippen molar-refractivity contribution in [2.45, 2.75) is 24.8 Å². The first-order chi connectivity index (χ1) is 7.08. The number of nitrogens with one attached hydrogen (secondary N) is 1. The third-order valence-electron chi connectivity index (χ3n) is 1.66. The molecule has 0 heterocycles. The Labute approximate surface area is 93.9 Å². The van der Waals surface area contributed by atoms with Crippen LogP contribution in [-0.2, 0) is 4.79 Å². The fourth-order valence-corrected chi connectivity index (χ4v) is 1.76. The fraction of sp³-hybridized carbons (Fsp3) is 0.364. The van der Waals surface area contributed by atoms with Crippen molar-refractivity contribution in [1.29, 1.82) is 0 Å². The molecule has 0 saturated heterocycles. The van der Waals surface area contributed by atoms with Crippen molar-refractivity contribution in [1.82, 2.24) is 5.32 Å². The summed E-state index contributed by atoms with van der Waals surface area (Å²) in [6, 6.07) is 6.99. The molecule has 1 aromatic carbocycles. The topological polar surface area (TPSA) is 49.3 Å². The van der Waals surface area contributed by atoms with Gasteiger partial charge in [0.1, 0.15) is 5.75 Å². The minimum Gasteiger partial charge on any atom is -0.508 e. The number of benzene rings is 1. The largest absolute Gasteiger partial charge is 0.508 e. The number of amides is 1. The molecule has 0 unspecified atom stereocenters. The lowest BCUT2D eigenvalue weighted by molar-refractivity contribution is -0.119. The summed E-state index contributed by atoms with van der Waals surface area (Å²) >= 11 is 1.46. The average molecular weight is 225 g/mol. The second kappa shape index (κ2) is 5.66. The van der Waals surface area contributed by atoms with Crippen molar-refractivity contribution < 1.29 is 9.90 Å². The van der Waals surface area contributed by atoms with E-state index in [1.54, 1.807) is 24.3 Å². The van der Waals surface area contributed by atoms with Gasteiger partial charge in [-0.15, -0.1) is 11.8 Å². The van der Waals surface area contributed by atoms with Gasteiger partial charge in [0.15, 0.2) is 0 Å². The maximum atomic E-state index is 11.3. The molecule has 1 aromatic rings. The van der Waals surface area contributed by atoms with Gasteiger partial charge in [-0.1, -0.05) is 0 Å². The molecule has 0 radical (unpaired) electrons. The monoisotopic (exact) mass is 225 g/mol. The third kappa shape index (κ3) is 4.74. The second-order valence-electron chi connectivity index (χ2n) is 3.50. The summed E-state index contributed by atoms with van der Waals surface area (Å²) in [6.07, 6.45) is 0. The summed E-state index contributed by atoms with van der Waals surface area (Å²) in [4.78, 5) is 12.3. The third-order valence-corrected chi connectivity index (χ3v) is 2.67. The summed E-state index contributed by atoms with van der Waals surface area (Å²) in [5, 5.41) is 11.9. The number of phenols is 1. The summed E-state index contributed by atoms with van der Waals surface area (Å²) in [6.45, 7) is 3.87. The van der Waals surface area contributed by atoms with Crippen molar-refractivity contribution in [2.75, 3.05) is 5.75 Å². The number of carbonyl (C=O) groups excluding carboxylic acids is 1. The van der Waals surface area contributed by atoms with Crippen LogP contribution in [0.1, 0.15) is 13.8 Å². The molecule has 4 heteroatoms. The Kier molecular flexibility index (Phi) is 4.49. The molecule has 1 rings (SSSR count). The molecule has 0 aliphatic heterocycles. The first kappa shape index (κ1) is 11.9. The highest BCUT2D eigenvalue weighted by Crippen LogP contribution is 2.20. The smallest absolute Gasteiger partial charge is 0.230 e. The molecule has 3 nitrogen and oxygen atoms in total. The maximum Gasteiger partial charge on any atom is 0.230 e. The van der Waals surface area contributed by atoms with Gasteiger partial charge in [-0.05, 0) is 38.1 Å². The van der Waals surface area contributed by atoms with Gasteiger partial charge in [0.2, 0.25) is 5.91 Å². The average Bonchev–Trinajstić information content (AvgIpc) is 2.16. The standard InChI is InChI=1S/C11H15NO2S/c1-8(2)12-11(14)7-15-10-5-3-9(13)4-6-10/h3-6,8,13H,7H2,1-2H3,(H,12,14). The number of hydrogen-bond acceptors (Lipinski definition) is 3. The van der Waals surface area contributed by atoms with Crippen LogP contribution in [0.3, 0.4) is 0 Å². The number of aromatic hydroxyl groups is 1. The number of rotatable bonds is 4. The Bertz CT molecular complexity index is 322. The highest BCUT2D eigenvalue weighted by molar-refractivity contribution is 8.00. The molecule has 1 amide bonds. The molecule has 0 fully saturated rings. The summed E-state index contributed by atoms with van der Waals surface area (Å²) < 4.78 is 0. The van der Waals surface area contributed by atoms with E-state index in [2.05, 4.69) is 5.32 Å². The van der Waals surface area contributed by atoms with Crippen LogP contribution < -0.4 is 5.32 Å². The van der Waals surface area contributed by atoms with Crippen molar-refractivity contribution in [3.05, 3.63) is 24.3 Å². The molecule has 0 saturated carbocycles. The van der Waals surface area contributed by atoms with Gasteiger partial charge in [0, 0.05) is 10.9 Å². The molecule has 0 spiro atoms. The van der Waals surface area contributed by atoms with Crippen molar-refractivity contribution >= 4 is 17.7 Å². The van der Waals surface area contributed by atoms with Gasteiger partial charge in [0.25, 0.3) is 0 Å². The Morgan fingerprint density at radius 3 is 2.53 bits per heavy atom. The molecular weight excluding hydrogens is 210 g/mol. The van der Waals surface area contributed by atoms with Crippen LogP contribution in [0.4, 0.5) is 0 Å². The van der Waals surface area contributed by atoms with E-state index < -0.39 is 0 Å². The Balaban J connectivity index is 2.37. The van der Waals surface area contributed by atoms with Gasteiger partial charge < -0.3 is 10.4 Å². The molecule has 2 N–H and O–H groups in total. The maximum absolute atomic E-state index is 11.3. The van der Waals surface area contributed by atoms with Gasteiger partial charge >= 0.3 is 0 Å². The van der Waals surface area contributed by atoms with E-state index in [4.69, 9.17) is 5.11 Å². The van der Waals surface area contributed by atoms with E-state index in [0.717, 1.165) is 4.90 Å². The molecule has 0 aromatic heterocycles. The molecule has 0 bridgehead atoms. The van der Waals surface area contributed by atoms with Gasteiger partial charge in [-0.3, -0.25) is 4.79 Å².